The smallest absolute Gasteiger partial charge is 0.321 e. The number of carbonyl (C=O) groups excluding carboxylic acids is 4. The number of rotatable bonds is 10. The highest BCUT2D eigenvalue weighted by molar-refractivity contribution is 6.06. The number of carbonyl (C=O) groups is 6. The van der Waals surface area contributed by atoms with Gasteiger partial charge in [-0.3, -0.25) is 39.0 Å². The summed E-state index contributed by atoms with van der Waals surface area (Å²) in [6.45, 7) is 34.5. The van der Waals surface area contributed by atoms with E-state index in [1.54, 1.807) is 0 Å². The number of imide groups is 1. The fraction of sp³-hybridized carbons (Fsp3) is 0.838. The third-order valence-corrected chi connectivity index (χ3v) is 6.31. The Morgan fingerprint density at radius 3 is 1.42 bits per heavy atom. The summed E-state index contributed by atoms with van der Waals surface area (Å²) < 4.78 is 0. The summed E-state index contributed by atoms with van der Waals surface area (Å²) in [5.41, 5.74) is -1.66. The quantitative estimate of drug-likeness (QED) is 0.173. The van der Waals surface area contributed by atoms with Crippen LogP contribution in [0.2, 0.25) is 0 Å². The van der Waals surface area contributed by atoms with Crippen LogP contribution in [0.3, 0.4) is 0 Å². The van der Waals surface area contributed by atoms with Gasteiger partial charge in [0.2, 0.25) is 17.7 Å². The lowest BCUT2D eigenvalue weighted by atomic mass is 9.86. The van der Waals surface area contributed by atoms with E-state index in [1.807, 2.05) is 125 Å². The van der Waals surface area contributed by atoms with Crippen LogP contribution in [-0.2, 0) is 28.8 Å². The monoisotopic (exact) mass is 714 g/mol. The second-order valence-electron chi connectivity index (χ2n) is 19.4. The Morgan fingerprint density at radius 1 is 0.680 bits per heavy atom. The summed E-state index contributed by atoms with van der Waals surface area (Å²) >= 11 is 0. The first-order chi connectivity index (χ1) is 21.8. The van der Waals surface area contributed by atoms with Gasteiger partial charge < -0.3 is 26.2 Å². The fourth-order valence-corrected chi connectivity index (χ4v) is 4.94. The van der Waals surface area contributed by atoms with Crippen LogP contribution in [0.5, 0.6) is 0 Å². The number of likely N-dealkylation sites (tertiary alicyclic amines) is 1. The molecule has 6 N–H and O–H groups in total. The zero-order valence-electron chi connectivity index (χ0n) is 34.4. The van der Waals surface area contributed by atoms with Gasteiger partial charge in [-0.05, 0) is 109 Å². The van der Waals surface area contributed by atoms with E-state index in [1.165, 1.54) is 4.90 Å². The van der Waals surface area contributed by atoms with Gasteiger partial charge in [0, 0.05) is 34.1 Å². The second-order valence-corrected chi connectivity index (χ2v) is 19.4. The summed E-state index contributed by atoms with van der Waals surface area (Å²) in [6, 6.07) is -1.84. The zero-order chi connectivity index (χ0) is 40.4. The number of Topliss-reactive ketones (excluding diaryl/α,β-unsaturated/α-hetero) is 1. The van der Waals surface area contributed by atoms with E-state index in [9.17, 15) is 28.8 Å². The average Bonchev–Trinajstić information content (AvgIpc) is 3.05. The fourth-order valence-electron chi connectivity index (χ4n) is 4.94. The number of aliphatic carboxylic acids is 2. The lowest BCUT2D eigenvalue weighted by Gasteiger charge is -2.31. The van der Waals surface area contributed by atoms with Gasteiger partial charge >= 0.3 is 11.9 Å². The van der Waals surface area contributed by atoms with Crippen LogP contribution in [0.15, 0.2) is 0 Å². The largest absolute Gasteiger partial charge is 0.481 e. The molecule has 0 radical (unpaired) electrons. The Labute approximate surface area is 301 Å². The van der Waals surface area contributed by atoms with Crippen LogP contribution in [0, 0.1) is 5.41 Å². The molecular weight excluding hydrogens is 642 g/mol. The summed E-state index contributed by atoms with van der Waals surface area (Å²) in [7, 11) is 0. The molecule has 3 amide bonds. The predicted molar refractivity (Wildman–Crippen MR) is 198 cm³/mol. The second kappa shape index (κ2) is 18.5. The molecule has 0 aromatic rings. The van der Waals surface area contributed by atoms with Crippen molar-refractivity contribution in [3.63, 3.8) is 0 Å². The molecule has 0 aromatic carbocycles. The normalized spacial score (nSPS) is 17.2. The number of hydrogen-bond donors (Lipinski definition) is 6. The van der Waals surface area contributed by atoms with E-state index in [-0.39, 0.29) is 76.4 Å². The van der Waals surface area contributed by atoms with Crippen molar-refractivity contribution in [3.8, 4) is 0 Å². The highest BCUT2D eigenvalue weighted by atomic mass is 16.4. The van der Waals surface area contributed by atoms with E-state index in [0.29, 0.717) is 6.42 Å². The highest BCUT2D eigenvalue weighted by Gasteiger charge is 2.44. The molecule has 3 atom stereocenters. The van der Waals surface area contributed by atoms with Gasteiger partial charge in [0.15, 0.2) is 5.78 Å². The summed E-state index contributed by atoms with van der Waals surface area (Å²) in [6.07, 6.45) is 0.428. The zero-order valence-corrected chi connectivity index (χ0v) is 34.4. The van der Waals surface area contributed by atoms with Crippen LogP contribution in [0.25, 0.3) is 0 Å². The lowest BCUT2D eigenvalue weighted by molar-refractivity contribution is -0.144. The maximum absolute atomic E-state index is 12.1. The van der Waals surface area contributed by atoms with Crippen molar-refractivity contribution in [2.75, 3.05) is 0 Å². The minimum atomic E-state index is -1.01. The van der Waals surface area contributed by atoms with Crippen LogP contribution in [0.1, 0.15) is 150 Å². The molecule has 0 spiro atoms. The van der Waals surface area contributed by atoms with Gasteiger partial charge in [0.1, 0.15) is 6.04 Å². The van der Waals surface area contributed by atoms with E-state index in [0.717, 1.165) is 0 Å². The van der Waals surface area contributed by atoms with Gasteiger partial charge in [-0.25, -0.2) is 0 Å². The molecule has 1 fully saturated rings. The number of carboxylic acid groups (broad SMARTS) is 2. The molecule has 13 heteroatoms. The van der Waals surface area contributed by atoms with Crippen LogP contribution in [0.4, 0.5) is 0 Å². The predicted octanol–water partition coefficient (Wildman–Crippen LogP) is 4.66. The summed E-state index contributed by atoms with van der Waals surface area (Å²) in [5.74, 6) is -2.44. The molecule has 1 aliphatic rings. The Balaban J connectivity index is 0. The van der Waals surface area contributed by atoms with E-state index in [4.69, 9.17) is 10.2 Å². The topological polar surface area (TPSA) is 194 Å². The molecule has 292 valence electrons. The first kappa shape index (κ1) is 49.2. The summed E-state index contributed by atoms with van der Waals surface area (Å²) in [4.78, 5) is 70.7. The molecule has 1 rings (SSSR count). The molecule has 3 unspecified atom stereocenters. The molecule has 1 heterocycles. The Kier molecular flexibility index (Phi) is 18.3. The number of hydrogen-bond acceptors (Lipinski definition) is 9. The Hall–Kier alpha value is -2.90. The van der Waals surface area contributed by atoms with Crippen molar-refractivity contribution in [2.24, 2.45) is 5.41 Å². The van der Waals surface area contributed by atoms with Crippen molar-refractivity contribution in [1.29, 1.82) is 0 Å². The van der Waals surface area contributed by atoms with Crippen molar-refractivity contribution in [2.45, 2.75) is 196 Å². The Morgan fingerprint density at radius 2 is 1.12 bits per heavy atom. The van der Waals surface area contributed by atoms with E-state index < -0.39 is 29.6 Å². The van der Waals surface area contributed by atoms with Gasteiger partial charge in [0.25, 0.3) is 0 Å². The van der Waals surface area contributed by atoms with Crippen LogP contribution >= 0.6 is 0 Å². The number of nitrogens with zero attached hydrogens (tertiary/aromatic N) is 1. The van der Waals surface area contributed by atoms with Gasteiger partial charge in [0.05, 0.1) is 31.3 Å². The highest BCUT2D eigenvalue weighted by Crippen LogP contribution is 2.24. The van der Waals surface area contributed by atoms with Gasteiger partial charge in [-0.1, -0.05) is 20.8 Å². The van der Waals surface area contributed by atoms with Crippen LogP contribution < -0.4 is 21.3 Å². The minimum absolute atomic E-state index is 0.0326. The van der Waals surface area contributed by atoms with Crippen molar-refractivity contribution < 1.29 is 39.0 Å². The third kappa shape index (κ3) is 24.3. The maximum atomic E-state index is 12.1. The number of nitrogens with one attached hydrogen (secondary N) is 4. The standard InChI is InChI=1S/C13H25NO3.C12H24N2O3.C12H22N2O2/c1-12(2,3)8-10(15)9(7-11(16)17)14-13(4,5)6;1-11(2,3)13-8(10(16)17)7-9(15)14-12(4,5)6;1-11(2,3)13-8-7-9(15)14(10(8)16)12(4,5)6/h9,14H,7-8H2,1-6H3,(H,16,17);8,13H,7H2,1-6H3,(H,14,15)(H,16,17);8,13H,7H2,1-6H3. The SMILES string of the molecule is CC(C)(C)CC(=O)C(CC(=O)O)NC(C)(C)C.CC(C)(C)NC(=O)CC(NC(C)(C)C)C(=O)O.CC(C)(C)NC1CC(=O)N(C(C)(C)C)C1=O. The molecule has 1 aliphatic heterocycles. The Bertz CT molecular complexity index is 1170. The van der Waals surface area contributed by atoms with Gasteiger partial charge in [-0.15, -0.1) is 0 Å². The first-order valence-electron chi connectivity index (χ1n) is 17.3. The number of ketones is 1. The van der Waals surface area contributed by atoms with Gasteiger partial charge in [-0.2, -0.15) is 0 Å². The van der Waals surface area contributed by atoms with Crippen molar-refractivity contribution in [1.82, 2.24) is 26.2 Å². The molecule has 0 aromatic heterocycles. The molecule has 0 aliphatic carbocycles. The van der Waals surface area contributed by atoms with Crippen molar-refractivity contribution >= 4 is 35.4 Å². The lowest BCUT2D eigenvalue weighted by Crippen LogP contribution is -2.51. The first-order valence-corrected chi connectivity index (χ1v) is 17.3. The molecule has 0 bridgehead atoms. The number of carboxylic acids is 2. The number of amides is 3. The maximum Gasteiger partial charge on any atom is 0.321 e. The van der Waals surface area contributed by atoms with Crippen LogP contribution in [-0.4, -0.2) is 96.4 Å². The summed E-state index contributed by atoms with van der Waals surface area (Å²) in [5, 5.41) is 29.8. The molecule has 50 heavy (non-hydrogen) atoms. The minimum Gasteiger partial charge on any atom is -0.481 e. The van der Waals surface area contributed by atoms with Crippen molar-refractivity contribution in [3.05, 3.63) is 0 Å². The molecule has 0 saturated carbocycles. The average molecular weight is 714 g/mol. The molecular formula is C37H71N5O8. The molecule has 13 nitrogen and oxygen atoms in total. The molecule has 1 saturated heterocycles. The van der Waals surface area contributed by atoms with E-state index >= 15 is 0 Å². The third-order valence-electron chi connectivity index (χ3n) is 6.31. The van der Waals surface area contributed by atoms with E-state index in [2.05, 4.69) is 21.3 Å².